The summed E-state index contributed by atoms with van der Waals surface area (Å²) >= 11 is 0. The molecule has 2 saturated carbocycles. The van der Waals surface area contributed by atoms with Gasteiger partial charge in [-0.3, -0.25) is 9.59 Å². The SMILES string of the molecule is CC(=O)OC[C@@]12[C@@H](OC(C)=O)CC[C@](C)(O)C13OC(C)(C)C(C[C@@H]2OC(=O)/C=C/c1ccccc1)[C@H]3O. The van der Waals surface area contributed by atoms with Crippen LogP contribution >= 0.6 is 0 Å². The van der Waals surface area contributed by atoms with Crippen LogP contribution in [0, 0.1) is 11.3 Å². The van der Waals surface area contributed by atoms with Crippen LogP contribution in [0.2, 0.25) is 0 Å². The van der Waals surface area contributed by atoms with Gasteiger partial charge in [-0.15, -0.1) is 0 Å². The number of rotatable bonds is 6. The Hall–Kier alpha value is -2.75. The standard InChI is InChI=1S/C28H36O9/c1-17(29)34-16-27-21(35-18(2)30)13-14-26(5,33)28(27)24(32)20(25(3,4)37-28)15-22(27)36-23(31)12-11-19-9-7-6-8-10-19/h6-12,20-22,24,32-33H,13-16H2,1-5H3/b12-11+/t20?,21-,22-,24+,26-,27-,28?/m0/s1. The van der Waals surface area contributed by atoms with Gasteiger partial charge in [0.2, 0.25) is 0 Å². The van der Waals surface area contributed by atoms with Crippen molar-refractivity contribution in [3.8, 4) is 0 Å². The number of aliphatic hydroxyl groups excluding tert-OH is 1. The number of hydrogen-bond donors (Lipinski definition) is 2. The summed E-state index contributed by atoms with van der Waals surface area (Å²) in [7, 11) is 0. The van der Waals surface area contributed by atoms with E-state index >= 15 is 0 Å². The van der Waals surface area contributed by atoms with Crippen molar-refractivity contribution < 1.29 is 43.5 Å². The molecule has 1 heterocycles. The largest absolute Gasteiger partial charge is 0.465 e. The van der Waals surface area contributed by atoms with Crippen LogP contribution in [0.5, 0.6) is 0 Å². The first kappa shape index (κ1) is 27.3. The summed E-state index contributed by atoms with van der Waals surface area (Å²) in [6, 6.07) is 9.22. The predicted molar refractivity (Wildman–Crippen MR) is 132 cm³/mol. The minimum atomic E-state index is -1.76. The molecule has 2 bridgehead atoms. The summed E-state index contributed by atoms with van der Waals surface area (Å²) in [6.45, 7) is 7.26. The Morgan fingerprint density at radius 1 is 1.05 bits per heavy atom. The molecule has 1 saturated heterocycles. The second-order valence-electron chi connectivity index (χ2n) is 11.1. The molecule has 1 aliphatic heterocycles. The third-order valence-electron chi connectivity index (χ3n) is 8.41. The Labute approximate surface area is 216 Å². The number of fused-ring (bicyclic) bond motifs is 1. The molecule has 0 aromatic heterocycles. The van der Waals surface area contributed by atoms with Gasteiger partial charge in [-0.2, -0.15) is 0 Å². The molecule has 9 nitrogen and oxygen atoms in total. The van der Waals surface area contributed by atoms with Crippen molar-refractivity contribution in [3.05, 3.63) is 42.0 Å². The van der Waals surface area contributed by atoms with Gasteiger partial charge in [-0.05, 0) is 51.7 Å². The molecular weight excluding hydrogens is 480 g/mol. The Balaban J connectivity index is 1.84. The molecule has 0 amide bonds. The van der Waals surface area contributed by atoms with Crippen molar-refractivity contribution in [1.29, 1.82) is 0 Å². The average molecular weight is 517 g/mol. The highest BCUT2D eigenvalue weighted by atomic mass is 16.6. The second-order valence-corrected chi connectivity index (χ2v) is 11.1. The second kappa shape index (κ2) is 9.53. The van der Waals surface area contributed by atoms with E-state index in [0.717, 1.165) is 5.56 Å². The first-order valence-electron chi connectivity index (χ1n) is 12.6. The fourth-order valence-electron chi connectivity index (χ4n) is 6.85. The third-order valence-corrected chi connectivity index (χ3v) is 8.41. The van der Waals surface area contributed by atoms with E-state index in [1.165, 1.54) is 19.9 Å². The van der Waals surface area contributed by atoms with E-state index in [1.54, 1.807) is 26.8 Å². The van der Waals surface area contributed by atoms with Gasteiger partial charge >= 0.3 is 17.9 Å². The van der Waals surface area contributed by atoms with Crippen LogP contribution in [0.3, 0.4) is 0 Å². The smallest absolute Gasteiger partial charge is 0.331 e. The molecule has 3 fully saturated rings. The molecule has 0 radical (unpaired) electrons. The van der Waals surface area contributed by atoms with E-state index < -0.39 is 71.0 Å². The van der Waals surface area contributed by atoms with Gasteiger partial charge < -0.3 is 29.2 Å². The number of carbonyl (C=O) groups is 3. The zero-order valence-electron chi connectivity index (χ0n) is 21.9. The normalized spacial score (nSPS) is 38.0. The van der Waals surface area contributed by atoms with Crippen LogP contribution in [0.1, 0.15) is 59.4 Å². The van der Waals surface area contributed by atoms with Crippen molar-refractivity contribution in [2.24, 2.45) is 11.3 Å². The number of hydrogen-bond acceptors (Lipinski definition) is 9. The Bertz CT molecular complexity index is 1080. The summed E-state index contributed by atoms with van der Waals surface area (Å²) in [6.07, 6.45) is 0.200. The molecule has 1 aromatic carbocycles. The lowest BCUT2D eigenvalue weighted by atomic mass is 9.47. The summed E-state index contributed by atoms with van der Waals surface area (Å²) < 4.78 is 23.9. The summed E-state index contributed by atoms with van der Waals surface area (Å²) in [4.78, 5) is 37.4. The fourth-order valence-corrected chi connectivity index (χ4v) is 6.85. The highest BCUT2D eigenvalue weighted by molar-refractivity contribution is 5.87. The van der Waals surface area contributed by atoms with Crippen LogP contribution in [0.15, 0.2) is 36.4 Å². The van der Waals surface area contributed by atoms with Gasteiger partial charge in [0.15, 0.2) is 0 Å². The van der Waals surface area contributed by atoms with Crippen LogP contribution in [-0.4, -0.2) is 69.8 Å². The Morgan fingerprint density at radius 2 is 1.73 bits per heavy atom. The monoisotopic (exact) mass is 516 g/mol. The van der Waals surface area contributed by atoms with Crippen molar-refractivity contribution in [2.75, 3.05) is 6.61 Å². The summed E-state index contributed by atoms with van der Waals surface area (Å²) in [5.41, 5.74) is -5.09. The predicted octanol–water partition coefficient (Wildman–Crippen LogP) is 2.57. The highest BCUT2D eigenvalue weighted by Crippen LogP contribution is 2.68. The van der Waals surface area contributed by atoms with E-state index in [2.05, 4.69) is 0 Å². The first-order chi connectivity index (χ1) is 17.3. The lowest BCUT2D eigenvalue weighted by Gasteiger charge is -2.64. The first-order valence-corrected chi connectivity index (χ1v) is 12.6. The molecule has 7 atom stereocenters. The Kier molecular flexibility index (Phi) is 7.03. The average Bonchev–Trinajstić information content (AvgIpc) is 2.96. The molecule has 1 spiro atoms. The van der Waals surface area contributed by atoms with E-state index in [0.29, 0.717) is 0 Å². The highest BCUT2D eigenvalue weighted by Gasteiger charge is 2.83. The van der Waals surface area contributed by atoms with Gasteiger partial charge in [0.25, 0.3) is 0 Å². The molecule has 2 unspecified atom stereocenters. The van der Waals surface area contributed by atoms with Gasteiger partial charge in [0.1, 0.15) is 29.8 Å². The molecular formula is C28H36O9. The maximum atomic E-state index is 13.1. The number of aliphatic hydroxyl groups is 2. The van der Waals surface area contributed by atoms with Crippen molar-refractivity contribution >= 4 is 24.0 Å². The van der Waals surface area contributed by atoms with E-state index in [1.807, 2.05) is 30.3 Å². The van der Waals surface area contributed by atoms with Gasteiger partial charge in [-0.25, -0.2) is 4.79 Å². The maximum absolute atomic E-state index is 13.1. The minimum Gasteiger partial charge on any atom is -0.465 e. The van der Waals surface area contributed by atoms with E-state index in [4.69, 9.17) is 18.9 Å². The van der Waals surface area contributed by atoms with Crippen LogP contribution in [0.4, 0.5) is 0 Å². The lowest BCUT2D eigenvalue weighted by Crippen LogP contribution is -2.80. The summed E-state index contributed by atoms with van der Waals surface area (Å²) in [5, 5.41) is 23.5. The summed E-state index contributed by atoms with van der Waals surface area (Å²) in [5.74, 6) is -2.38. The van der Waals surface area contributed by atoms with E-state index in [9.17, 15) is 24.6 Å². The van der Waals surface area contributed by atoms with Crippen molar-refractivity contribution in [2.45, 2.75) is 89.0 Å². The van der Waals surface area contributed by atoms with Crippen LogP contribution < -0.4 is 0 Å². The maximum Gasteiger partial charge on any atom is 0.331 e. The molecule has 37 heavy (non-hydrogen) atoms. The fraction of sp³-hybridized carbons (Fsp3) is 0.607. The molecule has 2 aliphatic carbocycles. The molecule has 9 heteroatoms. The molecule has 1 aromatic rings. The quantitative estimate of drug-likeness (QED) is 0.333. The van der Waals surface area contributed by atoms with E-state index in [-0.39, 0.29) is 19.3 Å². The van der Waals surface area contributed by atoms with Crippen molar-refractivity contribution in [1.82, 2.24) is 0 Å². The molecule has 3 aliphatic rings. The number of ether oxygens (including phenoxy) is 4. The third kappa shape index (κ3) is 4.36. The van der Waals surface area contributed by atoms with Crippen LogP contribution in [0.25, 0.3) is 6.08 Å². The number of carbonyl (C=O) groups excluding carboxylic acids is 3. The molecule has 4 rings (SSSR count). The zero-order chi connectivity index (χ0) is 27.2. The van der Waals surface area contributed by atoms with Crippen molar-refractivity contribution in [3.63, 3.8) is 0 Å². The zero-order valence-corrected chi connectivity index (χ0v) is 21.9. The number of esters is 3. The van der Waals surface area contributed by atoms with Gasteiger partial charge in [0.05, 0.1) is 17.3 Å². The van der Waals surface area contributed by atoms with Gasteiger partial charge in [0, 0.05) is 25.8 Å². The van der Waals surface area contributed by atoms with Gasteiger partial charge in [-0.1, -0.05) is 30.3 Å². The lowest BCUT2D eigenvalue weighted by molar-refractivity contribution is -0.340. The van der Waals surface area contributed by atoms with Crippen LogP contribution in [-0.2, 0) is 33.3 Å². The Morgan fingerprint density at radius 3 is 2.35 bits per heavy atom. The topological polar surface area (TPSA) is 129 Å². The number of benzene rings is 1. The molecule has 2 N–H and O–H groups in total. The minimum absolute atomic E-state index is 0.140. The molecule has 202 valence electrons.